The number of hydrogen-bond acceptors (Lipinski definition) is 3. The fraction of sp³-hybridized carbons (Fsp3) is 0.600. The third-order valence-corrected chi connectivity index (χ3v) is 4.76. The highest BCUT2D eigenvalue weighted by molar-refractivity contribution is 7.99. The van der Waals surface area contributed by atoms with Gasteiger partial charge in [-0.1, -0.05) is 37.3 Å². The van der Waals surface area contributed by atoms with Gasteiger partial charge in [-0.2, -0.15) is 11.8 Å². The molecule has 0 aliphatic carbocycles. The number of rotatable bonds is 5. The standard InChI is InChI=1S/C15H24N2S/c1-13(18-2)8-10-17-11-9-16-15(12-17)14-6-4-3-5-7-14/h3-7,13,15-16H,8-12H2,1-2H3. The lowest BCUT2D eigenvalue weighted by Crippen LogP contribution is -2.46. The SMILES string of the molecule is CSC(C)CCN1CCNC(c2ccccc2)C1. The first kappa shape index (κ1) is 13.9. The van der Waals surface area contributed by atoms with Crippen LogP contribution in [0.15, 0.2) is 30.3 Å². The number of nitrogens with zero attached hydrogens (tertiary/aromatic N) is 1. The molecule has 0 bridgehead atoms. The van der Waals surface area contributed by atoms with Crippen molar-refractivity contribution in [3.05, 3.63) is 35.9 Å². The molecule has 1 aromatic carbocycles. The Hall–Kier alpha value is -0.510. The number of piperazine rings is 1. The Labute approximate surface area is 115 Å². The maximum Gasteiger partial charge on any atom is 0.0449 e. The first-order valence-electron chi connectivity index (χ1n) is 6.83. The molecule has 1 aliphatic rings. The minimum absolute atomic E-state index is 0.504. The highest BCUT2D eigenvalue weighted by Crippen LogP contribution is 2.18. The van der Waals surface area contributed by atoms with Crippen LogP contribution in [-0.2, 0) is 0 Å². The van der Waals surface area contributed by atoms with Gasteiger partial charge in [0.25, 0.3) is 0 Å². The minimum Gasteiger partial charge on any atom is -0.308 e. The van der Waals surface area contributed by atoms with E-state index in [1.807, 2.05) is 11.8 Å². The van der Waals surface area contributed by atoms with Crippen LogP contribution in [0.1, 0.15) is 24.9 Å². The molecule has 0 spiro atoms. The molecule has 0 saturated carbocycles. The first-order chi connectivity index (χ1) is 8.79. The van der Waals surface area contributed by atoms with Crippen molar-refractivity contribution >= 4 is 11.8 Å². The van der Waals surface area contributed by atoms with Gasteiger partial charge in [0, 0.05) is 30.9 Å². The molecule has 0 radical (unpaired) electrons. The average molecular weight is 264 g/mol. The molecular formula is C15H24N2S. The van der Waals surface area contributed by atoms with Gasteiger partial charge < -0.3 is 10.2 Å². The normalized spacial score (nSPS) is 22.9. The van der Waals surface area contributed by atoms with Crippen molar-refractivity contribution in [1.82, 2.24) is 10.2 Å². The van der Waals surface area contributed by atoms with E-state index in [4.69, 9.17) is 0 Å². The van der Waals surface area contributed by atoms with Crippen molar-refractivity contribution < 1.29 is 0 Å². The Morgan fingerprint density at radius 2 is 2.17 bits per heavy atom. The molecule has 2 nitrogen and oxygen atoms in total. The van der Waals surface area contributed by atoms with E-state index in [0.717, 1.165) is 18.3 Å². The predicted molar refractivity (Wildman–Crippen MR) is 81.2 cm³/mol. The van der Waals surface area contributed by atoms with Gasteiger partial charge >= 0.3 is 0 Å². The zero-order chi connectivity index (χ0) is 12.8. The molecule has 2 atom stereocenters. The maximum atomic E-state index is 3.62. The van der Waals surface area contributed by atoms with Gasteiger partial charge in [0.15, 0.2) is 0 Å². The summed E-state index contributed by atoms with van der Waals surface area (Å²) in [6, 6.07) is 11.3. The molecule has 18 heavy (non-hydrogen) atoms. The fourth-order valence-electron chi connectivity index (χ4n) is 2.40. The van der Waals surface area contributed by atoms with Gasteiger partial charge in [-0.05, 0) is 24.8 Å². The third kappa shape index (κ3) is 4.01. The predicted octanol–water partition coefficient (Wildman–Crippen LogP) is 2.77. The molecule has 100 valence electrons. The molecule has 1 heterocycles. The molecule has 2 rings (SSSR count). The molecule has 2 unspecified atom stereocenters. The summed E-state index contributed by atoms with van der Waals surface area (Å²) in [5, 5.41) is 4.39. The number of hydrogen-bond donors (Lipinski definition) is 1. The summed E-state index contributed by atoms with van der Waals surface area (Å²) in [7, 11) is 0. The molecule has 3 heteroatoms. The zero-order valence-electron chi connectivity index (χ0n) is 11.4. The topological polar surface area (TPSA) is 15.3 Å². The highest BCUT2D eigenvalue weighted by Gasteiger charge is 2.20. The Kier molecular flexibility index (Phi) is 5.54. The fourth-order valence-corrected chi connectivity index (χ4v) is 2.75. The molecule has 1 aliphatic heterocycles. The molecule has 0 aromatic heterocycles. The van der Waals surface area contributed by atoms with E-state index >= 15 is 0 Å². The van der Waals surface area contributed by atoms with E-state index in [2.05, 4.69) is 53.7 Å². The van der Waals surface area contributed by atoms with Gasteiger partial charge in [0.1, 0.15) is 0 Å². The monoisotopic (exact) mass is 264 g/mol. The second kappa shape index (κ2) is 7.17. The summed E-state index contributed by atoms with van der Waals surface area (Å²) in [5.41, 5.74) is 1.42. The molecule has 1 aromatic rings. The Morgan fingerprint density at radius 3 is 2.89 bits per heavy atom. The van der Waals surface area contributed by atoms with Crippen molar-refractivity contribution in [2.24, 2.45) is 0 Å². The van der Waals surface area contributed by atoms with E-state index < -0.39 is 0 Å². The van der Waals surface area contributed by atoms with E-state index in [0.29, 0.717) is 6.04 Å². The van der Waals surface area contributed by atoms with Crippen molar-refractivity contribution in [1.29, 1.82) is 0 Å². The third-order valence-electron chi connectivity index (χ3n) is 3.72. The van der Waals surface area contributed by atoms with E-state index in [1.54, 1.807) is 0 Å². The van der Waals surface area contributed by atoms with Crippen molar-refractivity contribution in [3.63, 3.8) is 0 Å². The zero-order valence-corrected chi connectivity index (χ0v) is 12.2. The summed E-state index contributed by atoms with van der Waals surface area (Å²) in [6.45, 7) is 6.98. The van der Waals surface area contributed by atoms with Gasteiger partial charge in [-0.15, -0.1) is 0 Å². The number of thioether (sulfide) groups is 1. The first-order valence-corrected chi connectivity index (χ1v) is 8.12. The number of benzene rings is 1. The summed E-state index contributed by atoms with van der Waals surface area (Å²) in [5.74, 6) is 0. The lowest BCUT2D eigenvalue weighted by atomic mass is 10.0. The van der Waals surface area contributed by atoms with Crippen LogP contribution in [0.3, 0.4) is 0 Å². The maximum absolute atomic E-state index is 3.62. The lowest BCUT2D eigenvalue weighted by molar-refractivity contribution is 0.199. The second-order valence-corrected chi connectivity index (χ2v) is 6.33. The highest BCUT2D eigenvalue weighted by atomic mass is 32.2. The van der Waals surface area contributed by atoms with Gasteiger partial charge in [0.05, 0.1) is 0 Å². The molecule has 0 amide bonds. The van der Waals surface area contributed by atoms with Gasteiger partial charge in [-0.3, -0.25) is 0 Å². The van der Waals surface area contributed by atoms with Crippen LogP contribution in [-0.4, -0.2) is 42.6 Å². The lowest BCUT2D eigenvalue weighted by Gasteiger charge is -2.34. The van der Waals surface area contributed by atoms with Crippen LogP contribution in [0.5, 0.6) is 0 Å². The second-order valence-electron chi connectivity index (χ2n) is 5.05. The van der Waals surface area contributed by atoms with E-state index in [1.165, 1.54) is 25.1 Å². The molecule has 1 N–H and O–H groups in total. The summed E-state index contributed by atoms with van der Waals surface area (Å²) >= 11 is 1.97. The summed E-state index contributed by atoms with van der Waals surface area (Å²) < 4.78 is 0. The van der Waals surface area contributed by atoms with Crippen LogP contribution in [0.4, 0.5) is 0 Å². The largest absolute Gasteiger partial charge is 0.308 e. The van der Waals surface area contributed by atoms with Crippen molar-refractivity contribution in [2.75, 3.05) is 32.4 Å². The Morgan fingerprint density at radius 1 is 1.39 bits per heavy atom. The van der Waals surface area contributed by atoms with Crippen LogP contribution in [0.2, 0.25) is 0 Å². The smallest absolute Gasteiger partial charge is 0.0449 e. The molecule has 1 fully saturated rings. The van der Waals surface area contributed by atoms with Crippen LogP contribution >= 0.6 is 11.8 Å². The average Bonchev–Trinajstić information content (AvgIpc) is 2.46. The minimum atomic E-state index is 0.504. The van der Waals surface area contributed by atoms with Crippen molar-refractivity contribution in [3.8, 4) is 0 Å². The summed E-state index contributed by atoms with van der Waals surface area (Å²) in [6.07, 6.45) is 3.50. The van der Waals surface area contributed by atoms with Crippen LogP contribution in [0.25, 0.3) is 0 Å². The van der Waals surface area contributed by atoms with Gasteiger partial charge in [-0.25, -0.2) is 0 Å². The Bertz CT molecular complexity index is 342. The molecule has 1 saturated heterocycles. The van der Waals surface area contributed by atoms with E-state index in [-0.39, 0.29) is 0 Å². The van der Waals surface area contributed by atoms with E-state index in [9.17, 15) is 0 Å². The molecular weight excluding hydrogens is 240 g/mol. The number of nitrogens with one attached hydrogen (secondary N) is 1. The van der Waals surface area contributed by atoms with Crippen molar-refractivity contribution in [2.45, 2.75) is 24.6 Å². The van der Waals surface area contributed by atoms with Crippen LogP contribution in [0, 0.1) is 0 Å². The Balaban J connectivity index is 1.85. The summed E-state index contributed by atoms with van der Waals surface area (Å²) in [4.78, 5) is 2.60. The quantitative estimate of drug-likeness (QED) is 0.880. The van der Waals surface area contributed by atoms with Crippen LogP contribution < -0.4 is 5.32 Å². The van der Waals surface area contributed by atoms with Gasteiger partial charge in [0.2, 0.25) is 0 Å².